The zero-order valence-electron chi connectivity index (χ0n) is 6.64. The summed E-state index contributed by atoms with van der Waals surface area (Å²) in [6, 6.07) is 3.59. The summed E-state index contributed by atoms with van der Waals surface area (Å²) < 4.78 is 31.5. The molecule has 0 unspecified atom stereocenters. The van der Waals surface area contributed by atoms with Crippen molar-refractivity contribution in [3.05, 3.63) is 29.5 Å². The van der Waals surface area contributed by atoms with Crippen molar-refractivity contribution in [3.8, 4) is 0 Å². The Labute approximate surface area is 82.1 Å². The highest BCUT2D eigenvalue weighted by atomic mass is 35.5. The van der Waals surface area contributed by atoms with Gasteiger partial charge in [-0.25, -0.2) is 4.98 Å². The second-order valence-electron chi connectivity index (χ2n) is 2.00. The number of aromatic nitrogens is 1. The van der Waals surface area contributed by atoms with E-state index in [0.717, 1.165) is 5.02 Å². The first-order valence-electron chi connectivity index (χ1n) is 3.24. The van der Waals surface area contributed by atoms with Gasteiger partial charge in [-0.2, -0.15) is 13.2 Å². The SMILES string of the molecule is Clc1cc[nH+]cc1.O=C([O-])C(F)(F)F. The minimum Gasteiger partial charge on any atom is -0.542 e. The molecule has 78 valence electrons. The van der Waals surface area contributed by atoms with Crippen molar-refractivity contribution in [2.24, 2.45) is 0 Å². The van der Waals surface area contributed by atoms with Crippen LogP contribution in [0.4, 0.5) is 13.2 Å². The average Bonchev–Trinajstić information content (AvgIpc) is 2.04. The van der Waals surface area contributed by atoms with Crippen LogP contribution in [0.3, 0.4) is 0 Å². The minimum absolute atomic E-state index is 0.763. The average molecular weight is 228 g/mol. The largest absolute Gasteiger partial charge is 0.542 e. The van der Waals surface area contributed by atoms with Gasteiger partial charge in [0.25, 0.3) is 0 Å². The summed E-state index contributed by atoms with van der Waals surface area (Å²) >= 11 is 5.52. The Kier molecular flexibility index (Phi) is 4.93. The molecular weight excluding hydrogens is 223 g/mol. The van der Waals surface area contributed by atoms with E-state index >= 15 is 0 Å². The molecule has 0 aliphatic carbocycles. The van der Waals surface area contributed by atoms with E-state index in [4.69, 9.17) is 21.5 Å². The summed E-state index contributed by atoms with van der Waals surface area (Å²) in [7, 11) is 0. The van der Waals surface area contributed by atoms with Crippen molar-refractivity contribution < 1.29 is 28.1 Å². The molecule has 0 fully saturated rings. The number of aromatic amines is 1. The zero-order chi connectivity index (χ0) is 11.2. The molecule has 0 aliphatic heterocycles. The normalized spacial score (nSPS) is 10.0. The van der Waals surface area contributed by atoms with Crippen molar-refractivity contribution in [2.45, 2.75) is 6.18 Å². The molecule has 7 heteroatoms. The zero-order valence-corrected chi connectivity index (χ0v) is 7.39. The maximum Gasteiger partial charge on any atom is 0.430 e. The number of H-pyrrole nitrogens is 1. The second-order valence-corrected chi connectivity index (χ2v) is 2.44. The van der Waals surface area contributed by atoms with Crippen molar-refractivity contribution in [1.82, 2.24) is 0 Å². The molecule has 1 heterocycles. The maximum absolute atomic E-state index is 10.5. The lowest BCUT2D eigenvalue weighted by molar-refractivity contribution is -0.377. The van der Waals surface area contributed by atoms with Crippen LogP contribution in [0, 0.1) is 0 Å². The molecule has 0 atom stereocenters. The van der Waals surface area contributed by atoms with Gasteiger partial charge in [-0.15, -0.1) is 0 Å². The van der Waals surface area contributed by atoms with E-state index in [-0.39, 0.29) is 0 Å². The predicted molar refractivity (Wildman–Crippen MR) is 39.1 cm³/mol. The molecule has 1 aromatic heterocycles. The molecule has 0 amide bonds. The van der Waals surface area contributed by atoms with Crippen LogP contribution in [0.25, 0.3) is 0 Å². The molecule has 0 spiro atoms. The molecule has 0 radical (unpaired) electrons. The summed E-state index contributed by atoms with van der Waals surface area (Å²) in [6.45, 7) is 0. The van der Waals surface area contributed by atoms with Crippen LogP contribution in [0.1, 0.15) is 0 Å². The van der Waals surface area contributed by atoms with E-state index in [1.807, 2.05) is 0 Å². The molecule has 1 aromatic rings. The number of alkyl halides is 3. The first kappa shape index (κ1) is 12.7. The summed E-state index contributed by atoms with van der Waals surface area (Å²) in [4.78, 5) is 11.6. The van der Waals surface area contributed by atoms with Gasteiger partial charge in [0.05, 0.1) is 5.02 Å². The third kappa shape index (κ3) is 6.24. The van der Waals surface area contributed by atoms with E-state index in [1.165, 1.54) is 0 Å². The van der Waals surface area contributed by atoms with Crippen molar-refractivity contribution in [3.63, 3.8) is 0 Å². The maximum atomic E-state index is 10.5. The molecule has 0 bridgehead atoms. The van der Waals surface area contributed by atoms with E-state index < -0.39 is 12.1 Å². The summed E-state index contributed by atoms with van der Waals surface area (Å²) in [5, 5.41) is 9.55. The quantitative estimate of drug-likeness (QED) is 0.646. The first-order chi connectivity index (χ1) is 6.34. The van der Waals surface area contributed by atoms with E-state index in [1.54, 1.807) is 24.5 Å². The number of aliphatic carboxylic acids is 1. The Morgan fingerprint density at radius 2 is 1.71 bits per heavy atom. The minimum atomic E-state index is -5.19. The van der Waals surface area contributed by atoms with E-state index in [2.05, 4.69) is 4.98 Å². The second kappa shape index (κ2) is 5.43. The molecule has 0 aromatic carbocycles. The van der Waals surface area contributed by atoms with Crippen LogP contribution < -0.4 is 10.1 Å². The van der Waals surface area contributed by atoms with Crippen LogP contribution in [0.2, 0.25) is 5.02 Å². The van der Waals surface area contributed by atoms with Gasteiger partial charge >= 0.3 is 6.18 Å². The number of carbonyl (C=O) groups excluding carboxylic acids is 1. The molecule has 0 saturated heterocycles. The highest BCUT2D eigenvalue weighted by Crippen LogP contribution is 2.11. The third-order valence-corrected chi connectivity index (χ3v) is 1.16. The number of halogens is 4. The Morgan fingerprint density at radius 3 is 1.86 bits per heavy atom. The molecule has 3 nitrogen and oxygen atoms in total. The van der Waals surface area contributed by atoms with Gasteiger partial charge in [0.1, 0.15) is 5.97 Å². The molecular formula is C7H5ClF3NO2. The smallest absolute Gasteiger partial charge is 0.430 e. The topological polar surface area (TPSA) is 54.3 Å². The van der Waals surface area contributed by atoms with Crippen molar-refractivity contribution in [2.75, 3.05) is 0 Å². The van der Waals surface area contributed by atoms with Gasteiger partial charge in [-0.1, -0.05) is 11.6 Å². The van der Waals surface area contributed by atoms with Crippen LogP contribution >= 0.6 is 11.6 Å². The number of rotatable bonds is 0. The Balaban J connectivity index is 0.000000241. The van der Waals surface area contributed by atoms with E-state index in [0.29, 0.717) is 0 Å². The number of hydrogen-bond donors (Lipinski definition) is 0. The fourth-order valence-electron chi connectivity index (χ4n) is 0.367. The van der Waals surface area contributed by atoms with Gasteiger partial charge < -0.3 is 9.90 Å². The van der Waals surface area contributed by atoms with Gasteiger partial charge in [0, 0.05) is 12.1 Å². The van der Waals surface area contributed by atoms with Crippen molar-refractivity contribution >= 4 is 17.6 Å². The van der Waals surface area contributed by atoms with E-state index in [9.17, 15) is 13.2 Å². The molecule has 0 aliphatic rings. The monoisotopic (exact) mass is 227 g/mol. The number of carboxylic acid groups (broad SMARTS) is 1. The van der Waals surface area contributed by atoms with Crippen molar-refractivity contribution in [1.29, 1.82) is 0 Å². The van der Waals surface area contributed by atoms with Gasteiger partial charge in [-0.3, -0.25) is 0 Å². The van der Waals surface area contributed by atoms with Gasteiger partial charge in [-0.05, 0) is 0 Å². The fourth-order valence-corrected chi connectivity index (χ4v) is 0.493. The number of carboxylic acids is 1. The number of pyridine rings is 1. The van der Waals surface area contributed by atoms with Crippen LogP contribution in [0.15, 0.2) is 24.5 Å². The standard InChI is InChI=1S/C5H4ClN.C2HF3O2/c6-5-1-3-7-4-2-5;3-2(4,5)1(6)7/h1-4H;(H,6,7). The summed E-state index contributed by atoms with van der Waals surface area (Å²) in [5.74, 6) is -3.01. The highest BCUT2D eigenvalue weighted by molar-refractivity contribution is 6.30. The van der Waals surface area contributed by atoms with Gasteiger partial charge in [0.2, 0.25) is 0 Å². The lowest BCUT2D eigenvalue weighted by atomic mass is 10.5. The number of carbonyl (C=O) groups is 1. The summed E-state index contributed by atoms with van der Waals surface area (Å²) in [5.41, 5.74) is 0. The first-order valence-corrected chi connectivity index (χ1v) is 3.61. The molecule has 14 heavy (non-hydrogen) atoms. The Hall–Kier alpha value is -1.30. The lowest BCUT2D eigenvalue weighted by Gasteiger charge is -2.03. The molecule has 1 N–H and O–H groups in total. The predicted octanol–water partition coefficient (Wildman–Crippen LogP) is 0.453. The third-order valence-electron chi connectivity index (χ3n) is 0.909. The number of hydrogen-bond acceptors (Lipinski definition) is 2. The van der Waals surface area contributed by atoms with Crippen LogP contribution in [-0.2, 0) is 4.79 Å². The van der Waals surface area contributed by atoms with Crippen LogP contribution in [0.5, 0.6) is 0 Å². The Morgan fingerprint density at radius 1 is 1.36 bits per heavy atom. The lowest BCUT2D eigenvalue weighted by Crippen LogP contribution is -2.37. The highest BCUT2D eigenvalue weighted by Gasteiger charge is 2.28. The van der Waals surface area contributed by atoms with Crippen LogP contribution in [-0.4, -0.2) is 12.1 Å². The fraction of sp³-hybridized carbons (Fsp3) is 0.143. The number of nitrogens with one attached hydrogen (secondary N) is 1. The molecule has 0 saturated carbocycles. The van der Waals surface area contributed by atoms with Gasteiger partial charge in [0.15, 0.2) is 12.4 Å². The summed E-state index contributed by atoms with van der Waals surface area (Å²) in [6.07, 6.45) is -1.63. The molecule has 1 rings (SSSR count). The Bertz CT molecular complexity index is 289.